The van der Waals surface area contributed by atoms with E-state index in [4.69, 9.17) is 18.9 Å². The molecule has 0 radical (unpaired) electrons. The number of hydrogen-bond donors (Lipinski definition) is 2. The molecule has 0 unspecified atom stereocenters. The zero-order valence-corrected chi connectivity index (χ0v) is 23.3. The minimum absolute atomic E-state index is 0.0576. The smallest absolute Gasteiger partial charge is 0.251 e. The van der Waals surface area contributed by atoms with Crippen LogP contribution in [0.1, 0.15) is 16.2 Å². The third kappa shape index (κ3) is 6.83. The van der Waals surface area contributed by atoms with Gasteiger partial charge in [0.05, 0.1) is 46.4 Å². The summed E-state index contributed by atoms with van der Waals surface area (Å²) in [5.41, 5.74) is 1.68. The van der Waals surface area contributed by atoms with Crippen LogP contribution < -0.4 is 29.6 Å². The van der Waals surface area contributed by atoms with Gasteiger partial charge in [-0.1, -0.05) is 23.9 Å². The van der Waals surface area contributed by atoms with Gasteiger partial charge in [0.1, 0.15) is 23.0 Å². The predicted octanol–water partition coefficient (Wildman–Crippen LogP) is 3.96. The Morgan fingerprint density at radius 2 is 1.50 bits per heavy atom. The second-order valence-corrected chi connectivity index (χ2v) is 9.20. The van der Waals surface area contributed by atoms with E-state index in [1.807, 2.05) is 24.3 Å². The quantitative estimate of drug-likeness (QED) is 0.246. The molecule has 0 fully saturated rings. The summed E-state index contributed by atoms with van der Waals surface area (Å²) in [6.07, 6.45) is 0. The molecule has 208 valence electrons. The van der Waals surface area contributed by atoms with Crippen LogP contribution in [-0.4, -0.2) is 60.8 Å². The van der Waals surface area contributed by atoms with Crippen molar-refractivity contribution in [1.29, 1.82) is 0 Å². The lowest BCUT2D eigenvalue weighted by Gasteiger charge is -2.14. The third-order valence-corrected chi connectivity index (χ3v) is 6.68. The van der Waals surface area contributed by atoms with Crippen molar-refractivity contribution in [2.75, 3.05) is 39.5 Å². The first-order valence-corrected chi connectivity index (χ1v) is 13.1. The van der Waals surface area contributed by atoms with Crippen molar-refractivity contribution in [1.82, 2.24) is 20.1 Å². The molecule has 2 N–H and O–H groups in total. The summed E-state index contributed by atoms with van der Waals surface area (Å²) < 4.78 is 23.0. The first-order chi connectivity index (χ1) is 19.4. The van der Waals surface area contributed by atoms with Gasteiger partial charge in [-0.25, -0.2) is 0 Å². The Hall–Kier alpha value is -4.71. The Balaban J connectivity index is 1.53. The number of para-hydroxylation sites is 2. The number of hydrogen-bond acceptors (Lipinski definition) is 9. The Kier molecular flexibility index (Phi) is 9.47. The largest absolute Gasteiger partial charge is 0.497 e. The number of benzene rings is 3. The zero-order chi connectivity index (χ0) is 28.5. The topological polar surface area (TPSA) is 126 Å². The van der Waals surface area contributed by atoms with E-state index < -0.39 is 0 Å². The van der Waals surface area contributed by atoms with E-state index >= 15 is 0 Å². The van der Waals surface area contributed by atoms with E-state index in [0.717, 1.165) is 0 Å². The molecular weight excluding hydrogens is 534 g/mol. The van der Waals surface area contributed by atoms with Gasteiger partial charge in [0.25, 0.3) is 5.91 Å². The first-order valence-electron chi connectivity index (χ1n) is 12.1. The van der Waals surface area contributed by atoms with E-state index in [2.05, 4.69) is 20.8 Å². The van der Waals surface area contributed by atoms with Crippen molar-refractivity contribution in [3.8, 4) is 28.7 Å². The standard InChI is InChI=1S/C28H29N5O6S/c1-36-20-11-9-19(10-12-20)30-26(34)17-40-28-32-31-25(33(28)23-7-5-6-8-24(23)39-4)16-29-27(35)18-13-21(37-2)15-22(14-18)38-3/h5-15H,16-17H2,1-4H3,(H,29,35)(H,30,34). The number of amides is 2. The van der Waals surface area contributed by atoms with Crippen molar-refractivity contribution in [3.63, 3.8) is 0 Å². The summed E-state index contributed by atoms with van der Waals surface area (Å²) in [4.78, 5) is 25.7. The molecule has 4 rings (SSSR count). The molecule has 0 bridgehead atoms. The molecule has 0 saturated carbocycles. The van der Waals surface area contributed by atoms with Gasteiger partial charge in [-0.3, -0.25) is 14.2 Å². The minimum Gasteiger partial charge on any atom is -0.497 e. The second kappa shape index (κ2) is 13.4. The van der Waals surface area contributed by atoms with Gasteiger partial charge < -0.3 is 29.6 Å². The molecule has 4 aromatic rings. The van der Waals surface area contributed by atoms with Gasteiger partial charge in [0.2, 0.25) is 5.91 Å². The molecule has 1 aromatic heterocycles. The molecule has 1 heterocycles. The normalized spacial score (nSPS) is 10.5. The molecule has 0 aliphatic heterocycles. The number of nitrogens with one attached hydrogen (secondary N) is 2. The summed E-state index contributed by atoms with van der Waals surface area (Å²) >= 11 is 1.21. The van der Waals surface area contributed by atoms with Crippen molar-refractivity contribution >= 4 is 29.3 Å². The van der Waals surface area contributed by atoms with Crippen LogP contribution >= 0.6 is 11.8 Å². The summed E-state index contributed by atoms with van der Waals surface area (Å²) in [6.45, 7) is 0.0576. The summed E-state index contributed by atoms with van der Waals surface area (Å²) in [5.74, 6) is 2.23. The van der Waals surface area contributed by atoms with E-state index in [-0.39, 0.29) is 24.1 Å². The zero-order valence-electron chi connectivity index (χ0n) is 22.5. The average molecular weight is 564 g/mol. The van der Waals surface area contributed by atoms with Crippen LogP contribution in [0.3, 0.4) is 0 Å². The monoisotopic (exact) mass is 563 g/mol. The van der Waals surface area contributed by atoms with Crippen LogP contribution in [0.25, 0.3) is 5.69 Å². The van der Waals surface area contributed by atoms with Crippen LogP contribution in [0.4, 0.5) is 5.69 Å². The van der Waals surface area contributed by atoms with Crippen LogP contribution in [-0.2, 0) is 11.3 Å². The lowest BCUT2D eigenvalue weighted by atomic mass is 10.2. The average Bonchev–Trinajstić information content (AvgIpc) is 3.41. The van der Waals surface area contributed by atoms with Gasteiger partial charge in [0, 0.05) is 17.3 Å². The Morgan fingerprint density at radius 1 is 0.825 bits per heavy atom. The number of thioether (sulfide) groups is 1. The lowest BCUT2D eigenvalue weighted by Crippen LogP contribution is -2.25. The van der Waals surface area contributed by atoms with E-state index in [9.17, 15) is 9.59 Å². The van der Waals surface area contributed by atoms with Crippen molar-refractivity contribution in [2.24, 2.45) is 0 Å². The predicted molar refractivity (Wildman–Crippen MR) is 151 cm³/mol. The van der Waals surface area contributed by atoms with Gasteiger partial charge in [-0.2, -0.15) is 0 Å². The number of anilines is 1. The lowest BCUT2D eigenvalue weighted by molar-refractivity contribution is -0.113. The summed E-state index contributed by atoms with van der Waals surface area (Å²) in [5, 5.41) is 14.8. The first kappa shape index (κ1) is 28.3. The molecule has 0 saturated heterocycles. The molecule has 2 amide bonds. The van der Waals surface area contributed by atoms with Crippen LogP contribution in [0.5, 0.6) is 23.0 Å². The van der Waals surface area contributed by atoms with Crippen LogP contribution in [0, 0.1) is 0 Å². The molecule has 0 aliphatic rings. The minimum atomic E-state index is -0.347. The fourth-order valence-corrected chi connectivity index (χ4v) is 4.53. The highest BCUT2D eigenvalue weighted by molar-refractivity contribution is 7.99. The molecule has 0 spiro atoms. The number of methoxy groups -OCH3 is 4. The molecular formula is C28H29N5O6S. The number of carbonyl (C=O) groups excluding carboxylic acids is 2. The highest BCUT2D eigenvalue weighted by Gasteiger charge is 2.20. The Morgan fingerprint density at radius 3 is 2.15 bits per heavy atom. The van der Waals surface area contributed by atoms with Crippen LogP contribution in [0.2, 0.25) is 0 Å². The molecule has 0 aliphatic carbocycles. The number of nitrogens with zero attached hydrogens (tertiary/aromatic N) is 3. The van der Waals surface area contributed by atoms with Crippen molar-refractivity contribution in [2.45, 2.75) is 11.7 Å². The number of aromatic nitrogens is 3. The van der Waals surface area contributed by atoms with Gasteiger partial charge in [-0.15, -0.1) is 10.2 Å². The van der Waals surface area contributed by atoms with Crippen molar-refractivity contribution < 1.29 is 28.5 Å². The molecule has 12 heteroatoms. The van der Waals surface area contributed by atoms with E-state index in [1.165, 1.54) is 26.0 Å². The fraction of sp³-hybridized carbons (Fsp3) is 0.214. The number of ether oxygens (including phenoxy) is 4. The maximum absolute atomic E-state index is 13.0. The maximum atomic E-state index is 13.0. The van der Waals surface area contributed by atoms with Gasteiger partial charge >= 0.3 is 0 Å². The Labute approximate surface area is 235 Å². The van der Waals surface area contributed by atoms with Gasteiger partial charge in [-0.05, 0) is 48.5 Å². The highest BCUT2D eigenvalue weighted by atomic mass is 32.2. The number of carbonyl (C=O) groups is 2. The molecule has 3 aromatic carbocycles. The van der Waals surface area contributed by atoms with Crippen molar-refractivity contribution in [3.05, 3.63) is 78.1 Å². The van der Waals surface area contributed by atoms with Gasteiger partial charge in [0.15, 0.2) is 11.0 Å². The molecule has 40 heavy (non-hydrogen) atoms. The highest BCUT2D eigenvalue weighted by Crippen LogP contribution is 2.29. The second-order valence-electron chi connectivity index (χ2n) is 8.26. The maximum Gasteiger partial charge on any atom is 0.251 e. The Bertz CT molecular complexity index is 1450. The molecule has 11 nitrogen and oxygen atoms in total. The van der Waals surface area contributed by atoms with E-state index in [0.29, 0.717) is 50.9 Å². The third-order valence-electron chi connectivity index (χ3n) is 5.75. The SMILES string of the molecule is COc1ccc(NC(=O)CSc2nnc(CNC(=O)c3cc(OC)cc(OC)c3)n2-c2ccccc2OC)cc1. The number of rotatable bonds is 12. The van der Waals surface area contributed by atoms with E-state index in [1.54, 1.807) is 61.3 Å². The fourth-order valence-electron chi connectivity index (χ4n) is 3.77. The molecule has 0 atom stereocenters. The van der Waals surface area contributed by atoms with Crippen LogP contribution in [0.15, 0.2) is 71.9 Å². The summed E-state index contributed by atoms with van der Waals surface area (Å²) in [6, 6.07) is 19.3. The summed E-state index contributed by atoms with van der Waals surface area (Å²) in [7, 11) is 6.18.